The third kappa shape index (κ3) is 4.40. The molecule has 3 atom stereocenters. The molecule has 1 fully saturated rings. The average molecular weight is 312 g/mol. The predicted octanol–water partition coefficient (Wildman–Crippen LogP) is 2.57. The van der Waals surface area contributed by atoms with Crippen molar-refractivity contribution in [3.63, 3.8) is 0 Å². The van der Waals surface area contributed by atoms with Crippen molar-refractivity contribution < 1.29 is 23.7 Å². The highest BCUT2D eigenvalue weighted by Gasteiger charge is 2.41. The molecule has 0 bridgehead atoms. The Bertz CT molecular complexity index is 516. The van der Waals surface area contributed by atoms with E-state index >= 15 is 0 Å². The zero-order valence-corrected chi connectivity index (χ0v) is 13.0. The zero-order valence-electron chi connectivity index (χ0n) is 12.1. The van der Waals surface area contributed by atoms with Crippen LogP contribution in [0.1, 0.15) is 24.8 Å². The van der Waals surface area contributed by atoms with Crippen LogP contribution in [0.5, 0.6) is 0 Å². The van der Waals surface area contributed by atoms with Gasteiger partial charge in [-0.25, -0.2) is 0 Å². The van der Waals surface area contributed by atoms with Crippen molar-refractivity contribution in [2.45, 2.75) is 37.2 Å². The molecular weight excluding hydrogens is 291 g/mol. The molecule has 1 heterocycles. The van der Waals surface area contributed by atoms with Gasteiger partial charge in [0.15, 0.2) is 0 Å². The van der Waals surface area contributed by atoms with Crippen molar-refractivity contribution in [3.8, 4) is 0 Å². The van der Waals surface area contributed by atoms with Gasteiger partial charge in [0.05, 0.1) is 18.9 Å². The standard InChI is InChI=1S/C15H21O5P/c1-19-15(16)8-7-13-14(9-10-20-13)21(17,18)11-12-5-3-2-4-6-12/h2-6,13-14H,7-11H2,1H3,(H,17,18). The maximum absolute atomic E-state index is 12.7. The van der Waals surface area contributed by atoms with Crippen LogP contribution in [0.3, 0.4) is 0 Å². The Labute approximate surface area is 124 Å². The van der Waals surface area contributed by atoms with Crippen LogP contribution in [0, 0.1) is 0 Å². The fourth-order valence-corrected chi connectivity index (χ4v) is 4.93. The summed E-state index contributed by atoms with van der Waals surface area (Å²) in [5, 5.41) is 0. The molecule has 0 saturated carbocycles. The Kier molecular flexibility index (Phi) is 5.57. The molecule has 1 N–H and O–H groups in total. The van der Waals surface area contributed by atoms with Crippen LogP contribution in [0.2, 0.25) is 0 Å². The first-order valence-corrected chi connectivity index (χ1v) is 8.98. The van der Waals surface area contributed by atoms with E-state index in [2.05, 4.69) is 4.74 Å². The minimum absolute atomic E-state index is 0.149. The van der Waals surface area contributed by atoms with Crippen LogP contribution < -0.4 is 0 Å². The van der Waals surface area contributed by atoms with Gasteiger partial charge in [-0.05, 0) is 18.4 Å². The number of carbonyl (C=O) groups excluding carboxylic acids is 1. The first-order chi connectivity index (χ1) is 10.0. The highest BCUT2D eigenvalue weighted by atomic mass is 31.2. The number of methoxy groups -OCH3 is 1. The number of carbonyl (C=O) groups is 1. The van der Waals surface area contributed by atoms with Gasteiger partial charge in [0.2, 0.25) is 7.37 Å². The molecule has 0 aromatic heterocycles. The molecule has 0 radical (unpaired) electrons. The molecule has 1 aliphatic rings. The SMILES string of the molecule is COC(=O)CCC1OCCC1P(=O)(O)Cc1ccccc1. The van der Waals surface area contributed by atoms with E-state index in [1.54, 1.807) is 0 Å². The van der Waals surface area contributed by atoms with Gasteiger partial charge in [-0.3, -0.25) is 9.36 Å². The quantitative estimate of drug-likeness (QED) is 0.645. The molecule has 0 aliphatic carbocycles. The fraction of sp³-hybridized carbons (Fsp3) is 0.533. The summed E-state index contributed by atoms with van der Waals surface area (Å²) < 4.78 is 22.8. The summed E-state index contributed by atoms with van der Waals surface area (Å²) in [6.07, 6.45) is 1.01. The molecule has 2 rings (SSSR count). The lowest BCUT2D eigenvalue weighted by molar-refractivity contribution is -0.141. The Balaban J connectivity index is 2.00. The Morgan fingerprint density at radius 1 is 1.43 bits per heavy atom. The van der Waals surface area contributed by atoms with E-state index in [1.165, 1.54) is 7.11 Å². The molecular formula is C15H21O5P. The van der Waals surface area contributed by atoms with Crippen molar-refractivity contribution >= 4 is 13.3 Å². The molecule has 1 aromatic rings. The fourth-order valence-electron chi connectivity index (χ4n) is 2.70. The largest absolute Gasteiger partial charge is 0.469 e. The van der Waals surface area contributed by atoms with Crippen LogP contribution in [-0.4, -0.2) is 36.3 Å². The number of benzene rings is 1. The van der Waals surface area contributed by atoms with Gasteiger partial charge in [-0.1, -0.05) is 30.3 Å². The molecule has 0 amide bonds. The van der Waals surface area contributed by atoms with E-state index in [0.717, 1.165) is 5.56 Å². The topological polar surface area (TPSA) is 72.8 Å². The smallest absolute Gasteiger partial charge is 0.305 e. The third-order valence-corrected chi connectivity index (χ3v) is 6.25. The first-order valence-electron chi connectivity index (χ1n) is 7.07. The number of rotatable bonds is 6. The summed E-state index contributed by atoms with van der Waals surface area (Å²) in [5.41, 5.74) is 0.448. The molecule has 5 nitrogen and oxygen atoms in total. The lowest BCUT2D eigenvalue weighted by Gasteiger charge is -2.23. The van der Waals surface area contributed by atoms with Gasteiger partial charge < -0.3 is 14.4 Å². The maximum Gasteiger partial charge on any atom is 0.305 e. The van der Waals surface area contributed by atoms with E-state index in [4.69, 9.17) is 4.74 Å². The predicted molar refractivity (Wildman–Crippen MR) is 79.4 cm³/mol. The van der Waals surface area contributed by atoms with Gasteiger partial charge in [-0.15, -0.1) is 0 Å². The summed E-state index contributed by atoms with van der Waals surface area (Å²) in [6.45, 7) is 0.468. The molecule has 1 aromatic carbocycles. The second kappa shape index (κ2) is 7.21. The van der Waals surface area contributed by atoms with Crippen LogP contribution >= 0.6 is 7.37 Å². The third-order valence-electron chi connectivity index (χ3n) is 3.81. The maximum atomic E-state index is 12.7. The summed E-state index contributed by atoms with van der Waals surface area (Å²) in [6, 6.07) is 9.29. The van der Waals surface area contributed by atoms with E-state index in [1.807, 2.05) is 30.3 Å². The van der Waals surface area contributed by atoms with Crippen LogP contribution in [0.25, 0.3) is 0 Å². The number of ether oxygens (including phenoxy) is 2. The van der Waals surface area contributed by atoms with Crippen LogP contribution in [-0.2, 0) is 25.0 Å². The molecule has 3 unspecified atom stereocenters. The molecule has 1 aliphatic heterocycles. The summed E-state index contributed by atoms with van der Waals surface area (Å²) in [5.74, 6) is -0.319. The number of hydrogen-bond acceptors (Lipinski definition) is 4. The van der Waals surface area contributed by atoms with Crippen LogP contribution in [0.15, 0.2) is 30.3 Å². The van der Waals surface area contributed by atoms with Crippen molar-refractivity contribution in [2.75, 3.05) is 13.7 Å². The van der Waals surface area contributed by atoms with Gasteiger partial charge >= 0.3 is 5.97 Å². The summed E-state index contributed by atoms with van der Waals surface area (Å²) in [7, 11) is -2.03. The van der Waals surface area contributed by atoms with E-state index in [-0.39, 0.29) is 24.7 Å². The van der Waals surface area contributed by atoms with Gasteiger partial charge in [0.25, 0.3) is 0 Å². The van der Waals surface area contributed by atoms with Gasteiger partial charge in [0, 0.05) is 19.2 Å². The Morgan fingerprint density at radius 3 is 2.81 bits per heavy atom. The molecule has 6 heteroatoms. The van der Waals surface area contributed by atoms with Gasteiger partial charge in [-0.2, -0.15) is 0 Å². The highest BCUT2D eigenvalue weighted by Crippen LogP contribution is 2.55. The molecule has 1 saturated heterocycles. The molecule has 0 spiro atoms. The van der Waals surface area contributed by atoms with Crippen molar-refractivity contribution in [1.29, 1.82) is 0 Å². The van der Waals surface area contributed by atoms with Crippen molar-refractivity contribution in [3.05, 3.63) is 35.9 Å². The van der Waals surface area contributed by atoms with Crippen molar-refractivity contribution in [1.82, 2.24) is 0 Å². The normalized spacial score (nSPS) is 24.5. The average Bonchev–Trinajstić information content (AvgIpc) is 2.94. The monoisotopic (exact) mass is 312 g/mol. The lowest BCUT2D eigenvalue weighted by Crippen LogP contribution is -2.23. The minimum atomic E-state index is -3.36. The zero-order chi connectivity index (χ0) is 15.3. The second-order valence-electron chi connectivity index (χ2n) is 5.28. The molecule has 21 heavy (non-hydrogen) atoms. The van der Waals surface area contributed by atoms with Crippen LogP contribution in [0.4, 0.5) is 0 Å². The number of esters is 1. The first kappa shape index (κ1) is 16.2. The Morgan fingerprint density at radius 2 is 2.14 bits per heavy atom. The van der Waals surface area contributed by atoms with Gasteiger partial charge in [0.1, 0.15) is 0 Å². The van der Waals surface area contributed by atoms with Crippen molar-refractivity contribution in [2.24, 2.45) is 0 Å². The number of hydrogen-bond donors (Lipinski definition) is 1. The minimum Gasteiger partial charge on any atom is -0.469 e. The molecule has 116 valence electrons. The Hall–Kier alpha value is -1.16. The van der Waals surface area contributed by atoms with E-state index in [0.29, 0.717) is 19.4 Å². The van der Waals surface area contributed by atoms with E-state index in [9.17, 15) is 14.3 Å². The van der Waals surface area contributed by atoms with E-state index < -0.39 is 13.0 Å². The second-order valence-corrected chi connectivity index (χ2v) is 7.77. The lowest BCUT2D eigenvalue weighted by atomic mass is 10.1. The summed E-state index contributed by atoms with van der Waals surface area (Å²) >= 11 is 0. The highest BCUT2D eigenvalue weighted by molar-refractivity contribution is 7.58. The summed E-state index contributed by atoms with van der Waals surface area (Å²) in [4.78, 5) is 21.6.